The molecule has 0 aromatic carbocycles. The summed E-state index contributed by atoms with van der Waals surface area (Å²) in [5.74, 6) is -1.05. The fourth-order valence-electron chi connectivity index (χ4n) is 8.04. The maximum Gasteiger partial charge on any atom is 0.171 e. The largest absolute Gasteiger partial charge is 0.389 e. The number of aliphatic hydroxyl groups excluding tert-OH is 2. The smallest absolute Gasteiger partial charge is 0.171 e. The fourth-order valence-corrected chi connectivity index (χ4v) is 8.04. The van der Waals surface area contributed by atoms with Gasteiger partial charge in [0.05, 0.1) is 51.8 Å². The van der Waals surface area contributed by atoms with Crippen molar-refractivity contribution in [2.45, 2.75) is 127 Å². The van der Waals surface area contributed by atoms with Crippen molar-refractivity contribution < 1.29 is 33.9 Å². The van der Waals surface area contributed by atoms with Gasteiger partial charge in [-0.05, 0) is 55.4 Å². The van der Waals surface area contributed by atoms with Gasteiger partial charge in [0.2, 0.25) is 0 Å². The van der Waals surface area contributed by atoms with Crippen molar-refractivity contribution in [3.8, 4) is 0 Å². The molecule has 4 heterocycles. The molecule has 9 heteroatoms. The van der Waals surface area contributed by atoms with Crippen molar-refractivity contribution in [1.29, 1.82) is 0 Å². The Balaban J connectivity index is 1.27. The number of piperidine rings is 2. The lowest BCUT2D eigenvalue weighted by Crippen LogP contribution is -2.67. The molecule has 0 aliphatic carbocycles. The van der Waals surface area contributed by atoms with Crippen LogP contribution in [0.25, 0.3) is 0 Å². The molecule has 0 aromatic rings. The molecule has 9 nitrogen and oxygen atoms in total. The Morgan fingerprint density at radius 2 is 0.838 bits per heavy atom. The number of β-amino-alcohol motifs (C(OH)–C–C–N with tert-alkyl or cyclic N) is 2. The lowest BCUT2D eigenvalue weighted by molar-refractivity contribution is -0.243. The van der Waals surface area contributed by atoms with Crippen LogP contribution in [0.4, 0.5) is 0 Å². The molecule has 4 aliphatic heterocycles. The van der Waals surface area contributed by atoms with Crippen LogP contribution in [0, 0.1) is 0 Å². The van der Waals surface area contributed by atoms with Crippen LogP contribution in [0.2, 0.25) is 0 Å². The van der Waals surface area contributed by atoms with Gasteiger partial charge >= 0.3 is 0 Å². The van der Waals surface area contributed by atoms with Gasteiger partial charge in [-0.3, -0.25) is 9.80 Å². The summed E-state index contributed by atoms with van der Waals surface area (Å²) in [6.45, 7) is 21.4. The Kier molecular flexibility index (Phi) is 8.19. The molecule has 2 unspecified atom stereocenters. The summed E-state index contributed by atoms with van der Waals surface area (Å²) in [6, 6.07) is 0. The third-order valence-electron chi connectivity index (χ3n) is 8.76. The van der Waals surface area contributed by atoms with E-state index >= 15 is 0 Å². The van der Waals surface area contributed by atoms with Crippen molar-refractivity contribution in [2.75, 3.05) is 52.7 Å². The van der Waals surface area contributed by atoms with E-state index in [2.05, 4.69) is 65.2 Å². The quantitative estimate of drug-likeness (QED) is 0.493. The molecule has 0 aromatic heterocycles. The van der Waals surface area contributed by atoms with Crippen LogP contribution in [0.5, 0.6) is 0 Å². The van der Waals surface area contributed by atoms with E-state index in [9.17, 15) is 10.2 Å². The Labute approximate surface area is 223 Å². The summed E-state index contributed by atoms with van der Waals surface area (Å²) in [6.07, 6.45) is 1.71. The van der Waals surface area contributed by atoms with Gasteiger partial charge in [-0.1, -0.05) is 0 Å². The van der Waals surface area contributed by atoms with Gasteiger partial charge in [-0.25, -0.2) is 0 Å². The highest BCUT2D eigenvalue weighted by atomic mass is 16.7. The van der Waals surface area contributed by atoms with E-state index in [1.165, 1.54) is 0 Å². The first-order chi connectivity index (χ1) is 17.0. The van der Waals surface area contributed by atoms with Gasteiger partial charge in [0, 0.05) is 60.9 Å². The highest BCUT2D eigenvalue weighted by Crippen LogP contribution is 2.48. The lowest BCUT2D eigenvalue weighted by Gasteiger charge is -2.58. The van der Waals surface area contributed by atoms with Crippen LogP contribution < -0.4 is 0 Å². The molecule has 2 atom stereocenters. The normalized spacial score (nSPS) is 31.6. The molecule has 0 bridgehead atoms. The van der Waals surface area contributed by atoms with Crippen molar-refractivity contribution in [1.82, 2.24) is 9.80 Å². The fraction of sp³-hybridized carbons (Fsp3) is 1.00. The van der Waals surface area contributed by atoms with Crippen LogP contribution in [-0.4, -0.2) is 119 Å². The molecule has 0 radical (unpaired) electrons. The summed E-state index contributed by atoms with van der Waals surface area (Å²) in [4.78, 5) is 4.70. The van der Waals surface area contributed by atoms with E-state index in [4.69, 9.17) is 23.7 Å². The molecule has 4 rings (SSSR count). The number of ether oxygens (including phenoxy) is 5. The van der Waals surface area contributed by atoms with Gasteiger partial charge in [-0.15, -0.1) is 0 Å². The molecule has 4 fully saturated rings. The van der Waals surface area contributed by atoms with Crippen LogP contribution in [0.15, 0.2) is 0 Å². The minimum atomic E-state index is -0.662. The second kappa shape index (κ2) is 10.2. The zero-order valence-corrected chi connectivity index (χ0v) is 24.5. The highest BCUT2D eigenvalue weighted by Gasteiger charge is 2.56. The van der Waals surface area contributed by atoms with Crippen LogP contribution in [0.3, 0.4) is 0 Å². The zero-order valence-electron chi connectivity index (χ0n) is 24.5. The molecule has 2 N–H and O–H groups in total. The molecule has 0 amide bonds. The summed E-state index contributed by atoms with van der Waals surface area (Å²) < 4.78 is 30.0. The molecule has 4 saturated heterocycles. The average molecular weight is 529 g/mol. The van der Waals surface area contributed by atoms with Crippen LogP contribution in [0.1, 0.15) is 81.1 Å². The second-order valence-electron chi connectivity index (χ2n) is 14.2. The van der Waals surface area contributed by atoms with E-state index in [1.54, 1.807) is 0 Å². The third kappa shape index (κ3) is 6.36. The Morgan fingerprint density at radius 1 is 0.568 bits per heavy atom. The van der Waals surface area contributed by atoms with Crippen molar-refractivity contribution in [2.24, 2.45) is 0 Å². The first-order valence-electron chi connectivity index (χ1n) is 14.1. The number of aliphatic hydroxyl groups is 2. The number of rotatable bonds is 8. The average Bonchev–Trinajstić information content (AvgIpc) is 3.36. The molecule has 2 spiro atoms. The summed E-state index contributed by atoms with van der Waals surface area (Å²) in [5.41, 5.74) is -0.825. The van der Waals surface area contributed by atoms with E-state index < -0.39 is 23.8 Å². The zero-order chi connectivity index (χ0) is 27.3. The molecular weight excluding hydrogens is 476 g/mol. The van der Waals surface area contributed by atoms with Crippen molar-refractivity contribution >= 4 is 0 Å². The topological polar surface area (TPSA) is 93.1 Å². The summed E-state index contributed by atoms with van der Waals surface area (Å²) >= 11 is 0. The predicted octanol–water partition coefficient (Wildman–Crippen LogP) is 2.52. The molecular formula is C28H52N2O7. The minimum absolute atomic E-state index is 0.176. The highest BCUT2D eigenvalue weighted by molar-refractivity contribution is 5.06. The standard InChI is InChI=1S/C28H52N2O7/c1-23(2)17-27(34-9-10-35-27)18-24(3,4)29(23)13-21(31)15-33-16-22(32)14-30-25(5,6)19-28(20-26(30,7)8)36-11-12-37-28/h21-22,31-32H,9-20H2,1-8H3. The van der Waals surface area contributed by atoms with Crippen LogP contribution >= 0.6 is 0 Å². The van der Waals surface area contributed by atoms with Gasteiger partial charge < -0.3 is 33.9 Å². The number of likely N-dealkylation sites (tertiary alicyclic amines) is 2. The maximum atomic E-state index is 10.9. The lowest BCUT2D eigenvalue weighted by atomic mass is 9.76. The summed E-state index contributed by atoms with van der Waals surface area (Å²) in [7, 11) is 0. The van der Waals surface area contributed by atoms with Gasteiger partial charge in [0.1, 0.15) is 0 Å². The number of nitrogens with zero attached hydrogens (tertiary/aromatic N) is 2. The monoisotopic (exact) mass is 528 g/mol. The second-order valence-corrected chi connectivity index (χ2v) is 14.2. The van der Waals surface area contributed by atoms with E-state index in [0.29, 0.717) is 39.5 Å². The van der Waals surface area contributed by atoms with Gasteiger partial charge in [-0.2, -0.15) is 0 Å². The summed E-state index contributed by atoms with van der Waals surface area (Å²) in [5, 5.41) is 21.8. The Hall–Kier alpha value is -0.360. The molecule has 0 saturated carbocycles. The van der Waals surface area contributed by atoms with E-state index in [1.807, 2.05) is 0 Å². The molecule has 216 valence electrons. The van der Waals surface area contributed by atoms with Gasteiger partial charge in [0.15, 0.2) is 11.6 Å². The minimum Gasteiger partial charge on any atom is -0.389 e. The van der Waals surface area contributed by atoms with Crippen molar-refractivity contribution in [3.05, 3.63) is 0 Å². The first kappa shape index (κ1) is 29.6. The van der Waals surface area contributed by atoms with Gasteiger partial charge in [0.25, 0.3) is 0 Å². The molecule has 4 aliphatic rings. The third-order valence-corrected chi connectivity index (χ3v) is 8.76. The SMILES string of the molecule is CC1(C)CC2(CC(C)(C)N1CC(O)COCC(O)CN1C(C)(C)CC3(CC1(C)C)OCCO3)OCCO2. The van der Waals surface area contributed by atoms with E-state index in [-0.39, 0.29) is 35.4 Å². The predicted molar refractivity (Wildman–Crippen MR) is 140 cm³/mol. The Bertz CT molecular complexity index is 683. The maximum absolute atomic E-state index is 10.9. The molecule has 37 heavy (non-hydrogen) atoms. The van der Waals surface area contributed by atoms with Crippen LogP contribution in [-0.2, 0) is 23.7 Å². The van der Waals surface area contributed by atoms with Crippen molar-refractivity contribution in [3.63, 3.8) is 0 Å². The van der Waals surface area contributed by atoms with E-state index in [0.717, 1.165) is 25.7 Å². The number of hydrogen-bond donors (Lipinski definition) is 2. The first-order valence-corrected chi connectivity index (χ1v) is 14.1. The number of hydrogen-bond acceptors (Lipinski definition) is 9. The Morgan fingerprint density at radius 3 is 1.11 bits per heavy atom.